The first-order valence-electron chi connectivity index (χ1n) is 37.5. The maximum atomic E-state index is 13.1. The quantitative estimate of drug-likeness (QED) is 0.0272. The first-order valence-corrected chi connectivity index (χ1v) is 38.9. The molecular weight excluding hydrogens is 1070 g/mol. The molecule has 1 amide bonds. The Bertz CT molecular complexity index is 1530. The zero-order chi connectivity index (χ0) is 61.9. The van der Waals surface area contributed by atoms with Crippen LogP contribution in [0.1, 0.15) is 380 Å². The van der Waals surface area contributed by atoms with Crippen molar-refractivity contribution in [2.75, 3.05) is 40.9 Å². The van der Waals surface area contributed by atoms with E-state index >= 15 is 0 Å². The second-order valence-corrected chi connectivity index (χ2v) is 28.4. The molecule has 9 heteroatoms. The Morgan fingerprint density at radius 3 is 1.05 bits per heavy atom. The number of carbonyl (C=O) groups excluding carboxylic acids is 1. The minimum absolute atomic E-state index is 0.0143. The minimum Gasteiger partial charge on any atom is -0.756 e. The summed E-state index contributed by atoms with van der Waals surface area (Å²) in [6.07, 6.45) is 90.7. The first-order chi connectivity index (χ1) is 41.5. The van der Waals surface area contributed by atoms with Gasteiger partial charge in [0.25, 0.3) is 7.82 Å². The number of aliphatic hydroxyl groups is 1. The number of nitrogens with one attached hydrogen (secondary N) is 1. The van der Waals surface area contributed by atoms with Gasteiger partial charge in [0.15, 0.2) is 0 Å². The van der Waals surface area contributed by atoms with Crippen molar-refractivity contribution in [3.63, 3.8) is 0 Å². The van der Waals surface area contributed by atoms with E-state index in [1.165, 1.54) is 289 Å². The third-order valence-electron chi connectivity index (χ3n) is 17.3. The number of nitrogens with zero attached hydrogens (tertiary/aromatic N) is 1. The van der Waals surface area contributed by atoms with E-state index in [9.17, 15) is 19.4 Å². The Labute approximate surface area is 530 Å². The van der Waals surface area contributed by atoms with E-state index < -0.39 is 20.0 Å². The molecule has 0 spiro atoms. The number of hydrogen-bond acceptors (Lipinski definition) is 6. The Kier molecular flexibility index (Phi) is 65.7. The minimum atomic E-state index is -4.58. The van der Waals surface area contributed by atoms with Gasteiger partial charge in [-0.05, 0) is 51.4 Å². The number of aliphatic hydroxyl groups excluding tert-OH is 1. The van der Waals surface area contributed by atoms with Crippen LogP contribution in [0.15, 0.2) is 48.6 Å². The van der Waals surface area contributed by atoms with Crippen LogP contribution in [0.3, 0.4) is 0 Å². The second-order valence-electron chi connectivity index (χ2n) is 27.0. The molecule has 502 valence electrons. The molecule has 0 aliphatic heterocycles. The van der Waals surface area contributed by atoms with Crippen molar-refractivity contribution in [2.45, 2.75) is 392 Å². The van der Waals surface area contributed by atoms with Crippen molar-refractivity contribution in [3.05, 3.63) is 48.6 Å². The standard InChI is InChI=1S/C76H147N2O6P/c1-6-8-10-12-14-16-18-20-22-24-26-28-30-32-34-36-37-38-39-40-41-42-44-46-48-50-52-54-56-58-60-62-64-66-68-70-76(80)77-74(73-84-85(81,82)83-72-71-78(3,4)5)75(79)69-67-65-63-61-59-57-55-53-51-49-47-45-43-35-33-31-29-27-25-23-21-19-17-15-13-11-9-7-2/h8,10,14,16,20,22,26,28,74-75,79H,6-7,9,11-13,15,17-19,21,23-25,27,29-73H2,1-5H3,(H-,77,80,81,82)/b10-8-,16-14-,22-20-,28-26-. The molecule has 0 aromatic carbocycles. The lowest BCUT2D eigenvalue weighted by atomic mass is 10.0. The number of unbranched alkanes of at least 4 members (excludes halogenated alkanes) is 49. The van der Waals surface area contributed by atoms with Crippen LogP contribution in [0.4, 0.5) is 0 Å². The molecule has 0 saturated heterocycles. The van der Waals surface area contributed by atoms with Gasteiger partial charge in [-0.1, -0.05) is 371 Å². The summed E-state index contributed by atoms with van der Waals surface area (Å²) in [5.41, 5.74) is 0. The molecule has 0 fully saturated rings. The maximum absolute atomic E-state index is 13.1. The molecule has 0 saturated carbocycles. The van der Waals surface area contributed by atoms with Gasteiger partial charge in [-0.3, -0.25) is 9.36 Å². The Balaban J connectivity index is 3.95. The maximum Gasteiger partial charge on any atom is 0.268 e. The highest BCUT2D eigenvalue weighted by atomic mass is 31.2. The topological polar surface area (TPSA) is 108 Å². The van der Waals surface area contributed by atoms with E-state index in [0.717, 1.165) is 64.2 Å². The van der Waals surface area contributed by atoms with Gasteiger partial charge >= 0.3 is 0 Å². The summed E-state index contributed by atoms with van der Waals surface area (Å²) in [6, 6.07) is -0.801. The zero-order valence-electron chi connectivity index (χ0n) is 57.6. The van der Waals surface area contributed by atoms with Gasteiger partial charge in [0.2, 0.25) is 5.91 Å². The van der Waals surface area contributed by atoms with Crippen molar-refractivity contribution in [1.82, 2.24) is 5.32 Å². The summed E-state index contributed by atoms with van der Waals surface area (Å²) in [5.74, 6) is -0.156. The molecule has 0 radical (unpaired) electrons. The summed E-state index contributed by atoms with van der Waals surface area (Å²) >= 11 is 0. The van der Waals surface area contributed by atoms with Gasteiger partial charge in [-0.25, -0.2) is 0 Å². The molecular formula is C76H147N2O6P. The fourth-order valence-electron chi connectivity index (χ4n) is 11.6. The molecule has 0 aromatic rings. The summed E-state index contributed by atoms with van der Waals surface area (Å²) < 4.78 is 23.6. The molecule has 0 bridgehead atoms. The number of likely N-dealkylation sites (N-methyl/N-ethyl adjacent to an activating group) is 1. The average molecular weight is 1220 g/mol. The molecule has 8 nitrogen and oxygen atoms in total. The highest BCUT2D eigenvalue weighted by molar-refractivity contribution is 7.45. The Morgan fingerprint density at radius 1 is 0.424 bits per heavy atom. The number of allylic oxidation sites excluding steroid dienone is 8. The van der Waals surface area contributed by atoms with Gasteiger partial charge in [0, 0.05) is 6.42 Å². The van der Waals surface area contributed by atoms with Crippen LogP contribution in [0.5, 0.6) is 0 Å². The summed E-state index contributed by atoms with van der Waals surface area (Å²) in [4.78, 5) is 25.7. The summed E-state index contributed by atoms with van der Waals surface area (Å²) in [7, 11) is 1.32. The van der Waals surface area contributed by atoms with E-state index in [4.69, 9.17) is 9.05 Å². The number of rotatable bonds is 70. The number of carbonyl (C=O) groups is 1. The molecule has 0 heterocycles. The third kappa shape index (κ3) is 69.8. The van der Waals surface area contributed by atoms with E-state index in [0.29, 0.717) is 23.9 Å². The number of phosphoric acid groups is 1. The van der Waals surface area contributed by atoms with Crippen LogP contribution >= 0.6 is 7.82 Å². The molecule has 0 rings (SSSR count). The van der Waals surface area contributed by atoms with Crippen LogP contribution in [0.25, 0.3) is 0 Å². The first kappa shape index (κ1) is 83.5. The van der Waals surface area contributed by atoms with Crippen LogP contribution in [0.2, 0.25) is 0 Å². The summed E-state index contributed by atoms with van der Waals surface area (Å²) in [5, 5.41) is 14.1. The molecule has 0 aliphatic carbocycles. The molecule has 3 unspecified atom stereocenters. The smallest absolute Gasteiger partial charge is 0.268 e. The second kappa shape index (κ2) is 66.9. The lowest BCUT2D eigenvalue weighted by molar-refractivity contribution is -0.870. The van der Waals surface area contributed by atoms with Crippen molar-refractivity contribution in [3.8, 4) is 0 Å². The van der Waals surface area contributed by atoms with Crippen LogP contribution in [-0.4, -0.2) is 68.5 Å². The average Bonchev–Trinajstić information content (AvgIpc) is 3.48. The fourth-order valence-corrected chi connectivity index (χ4v) is 12.3. The van der Waals surface area contributed by atoms with Crippen molar-refractivity contribution in [2.24, 2.45) is 0 Å². The number of hydrogen-bond donors (Lipinski definition) is 2. The van der Waals surface area contributed by atoms with E-state index in [1.54, 1.807) is 0 Å². The van der Waals surface area contributed by atoms with Crippen LogP contribution in [-0.2, 0) is 18.4 Å². The fraction of sp³-hybridized carbons (Fsp3) is 0.882. The monoisotopic (exact) mass is 1220 g/mol. The van der Waals surface area contributed by atoms with E-state index in [1.807, 2.05) is 21.1 Å². The van der Waals surface area contributed by atoms with Crippen molar-refractivity contribution >= 4 is 13.7 Å². The van der Waals surface area contributed by atoms with E-state index in [2.05, 4.69) is 67.8 Å². The number of quaternary nitrogens is 1. The van der Waals surface area contributed by atoms with Crippen LogP contribution in [0, 0.1) is 0 Å². The normalized spacial score (nSPS) is 13.8. The summed E-state index contributed by atoms with van der Waals surface area (Å²) in [6.45, 7) is 4.67. The Hall–Kier alpha value is -1.54. The molecule has 2 N–H and O–H groups in total. The van der Waals surface area contributed by atoms with E-state index in [-0.39, 0.29) is 19.1 Å². The predicted octanol–water partition coefficient (Wildman–Crippen LogP) is 23.5. The molecule has 3 atom stereocenters. The van der Waals surface area contributed by atoms with Gasteiger partial charge in [-0.15, -0.1) is 0 Å². The zero-order valence-corrected chi connectivity index (χ0v) is 58.5. The van der Waals surface area contributed by atoms with Gasteiger partial charge in [-0.2, -0.15) is 0 Å². The molecule has 85 heavy (non-hydrogen) atoms. The third-order valence-corrected chi connectivity index (χ3v) is 18.3. The SMILES string of the molecule is CC/C=C\C/C=C\C/C=C\C/C=C\CCCCCCCCCCCCCCCCCCCCCCCCC(=O)NC(COP(=O)([O-])OCC[N+](C)(C)C)C(O)CCCCCCCCCCCCCCCCCCCCCCCCCCCCCC. The Morgan fingerprint density at radius 2 is 0.718 bits per heavy atom. The molecule has 0 aromatic heterocycles. The predicted molar refractivity (Wildman–Crippen MR) is 371 cm³/mol. The molecule has 0 aliphatic rings. The van der Waals surface area contributed by atoms with Crippen molar-refractivity contribution < 1.29 is 32.9 Å². The highest BCUT2D eigenvalue weighted by Crippen LogP contribution is 2.38. The van der Waals surface area contributed by atoms with Gasteiger partial charge < -0.3 is 28.8 Å². The highest BCUT2D eigenvalue weighted by Gasteiger charge is 2.24. The lowest BCUT2D eigenvalue weighted by Crippen LogP contribution is -2.46. The van der Waals surface area contributed by atoms with Crippen molar-refractivity contribution in [1.29, 1.82) is 0 Å². The lowest BCUT2D eigenvalue weighted by Gasteiger charge is -2.30. The van der Waals surface area contributed by atoms with Gasteiger partial charge in [0.1, 0.15) is 13.2 Å². The number of phosphoric ester groups is 1. The largest absolute Gasteiger partial charge is 0.756 e. The van der Waals surface area contributed by atoms with Crippen LogP contribution < -0.4 is 10.2 Å². The number of amides is 1. The van der Waals surface area contributed by atoms with Gasteiger partial charge in [0.05, 0.1) is 39.9 Å².